The van der Waals surface area contributed by atoms with E-state index < -0.39 is 0 Å². The topological polar surface area (TPSA) is 79.9 Å². The number of benzene rings is 2. The first kappa shape index (κ1) is 12.2. The number of hydrogen-bond donors (Lipinski definition) is 2. The molecule has 1 aromatic heterocycles. The number of fused-ring (bicyclic) bond motifs is 1. The predicted octanol–water partition coefficient (Wildman–Crippen LogP) is 2.22. The lowest BCUT2D eigenvalue weighted by atomic mass is 10.2. The van der Waals surface area contributed by atoms with E-state index in [1.807, 2.05) is 12.1 Å². The summed E-state index contributed by atoms with van der Waals surface area (Å²) in [6.07, 6.45) is 0. The lowest BCUT2D eigenvalue weighted by molar-refractivity contribution is 0.102. The molecule has 0 aliphatic heterocycles. The molecule has 3 rings (SSSR count). The molecule has 6 nitrogen and oxygen atoms in total. The molecular weight excluding hydrogens is 256 g/mol. The summed E-state index contributed by atoms with van der Waals surface area (Å²) in [6, 6.07) is 12.3. The van der Waals surface area contributed by atoms with Crippen LogP contribution in [0.2, 0.25) is 0 Å². The van der Waals surface area contributed by atoms with Crippen molar-refractivity contribution in [3.8, 4) is 5.75 Å². The molecule has 1 amide bonds. The Morgan fingerprint density at radius 1 is 1.15 bits per heavy atom. The van der Waals surface area contributed by atoms with Gasteiger partial charge in [-0.25, -0.2) is 0 Å². The molecule has 6 heteroatoms. The van der Waals surface area contributed by atoms with E-state index >= 15 is 0 Å². The van der Waals surface area contributed by atoms with Crippen molar-refractivity contribution < 1.29 is 9.53 Å². The summed E-state index contributed by atoms with van der Waals surface area (Å²) in [5.41, 5.74) is 2.58. The molecule has 0 saturated heterocycles. The van der Waals surface area contributed by atoms with Crippen LogP contribution in [0.15, 0.2) is 42.5 Å². The largest absolute Gasteiger partial charge is 0.497 e. The van der Waals surface area contributed by atoms with E-state index in [2.05, 4.69) is 20.7 Å². The quantitative estimate of drug-likeness (QED) is 0.763. The second kappa shape index (κ2) is 5.00. The SMILES string of the molecule is COc1cccc(NC(=O)c2ccc3n[nH]nc3c2)c1. The van der Waals surface area contributed by atoms with Crippen LogP contribution in [0.25, 0.3) is 11.0 Å². The Kier molecular flexibility index (Phi) is 3.04. The van der Waals surface area contributed by atoms with E-state index in [-0.39, 0.29) is 5.91 Å². The number of rotatable bonds is 3. The van der Waals surface area contributed by atoms with Gasteiger partial charge in [0.25, 0.3) is 5.91 Å². The van der Waals surface area contributed by atoms with Crippen molar-refractivity contribution in [2.24, 2.45) is 0 Å². The molecule has 0 fully saturated rings. The average molecular weight is 268 g/mol. The molecule has 1 heterocycles. The van der Waals surface area contributed by atoms with Crippen molar-refractivity contribution in [2.75, 3.05) is 12.4 Å². The Morgan fingerprint density at radius 3 is 2.85 bits per heavy atom. The minimum Gasteiger partial charge on any atom is -0.497 e. The first-order valence-corrected chi connectivity index (χ1v) is 6.02. The number of methoxy groups -OCH3 is 1. The van der Waals surface area contributed by atoms with Gasteiger partial charge >= 0.3 is 0 Å². The monoisotopic (exact) mass is 268 g/mol. The van der Waals surface area contributed by atoms with E-state index in [9.17, 15) is 4.79 Å². The van der Waals surface area contributed by atoms with Gasteiger partial charge in [-0.15, -0.1) is 0 Å². The molecule has 3 aromatic rings. The highest BCUT2D eigenvalue weighted by Gasteiger charge is 2.08. The van der Waals surface area contributed by atoms with Crippen LogP contribution in [0.4, 0.5) is 5.69 Å². The Bertz CT molecular complexity index is 766. The number of carbonyl (C=O) groups is 1. The Balaban J connectivity index is 1.84. The van der Waals surface area contributed by atoms with Crippen molar-refractivity contribution in [1.29, 1.82) is 0 Å². The first-order valence-electron chi connectivity index (χ1n) is 6.02. The highest BCUT2D eigenvalue weighted by molar-refractivity contribution is 6.05. The third-order valence-electron chi connectivity index (χ3n) is 2.91. The molecule has 0 spiro atoms. The molecule has 100 valence electrons. The van der Waals surface area contributed by atoms with Gasteiger partial charge in [0.1, 0.15) is 16.8 Å². The number of aromatic nitrogens is 3. The fraction of sp³-hybridized carbons (Fsp3) is 0.0714. The number of aromatic amines is 1. The van der Waals surface area contributed by atoms with Crippen molar-refractivity contribution in [3.05, 3.63) is 48.0 Å². The number of carbonyl (C=O) groups excluding carboxylic acids is 1. The van der Waals surface area contributed by atoms with Gasteiger partial charge < -0.3 is 10.1 Å². The predicted molar refractivity (Wildman–Crippen MR) is 74.8 cm³/mol. The number of amides is 1. The molecule has 0 radical (unpaired) electrons. The van der Waals surface area contributed by atoms with E-state index in [0.717, 1.165) is 5.52 Å². The van der Waals surface area contributed by atoms with Gasteiger partial charge in [0, 0.05) is 17.3 Å². The molecule has 0 saturated carbocycles. The van der Waals surface area contributed by atoms with Crippen molar-refractivity contribution in [2.45, 2.75) is 0 Å². The van der Waals surface area contributed by atoms with E-state index in [1.54, 1.807) is 37.4 Å². The van der Waals surface area contributed by atoms with Crippen molar-refractivity contribution in [1.82, 2.24) is 15.4 Å². The van der Waals surface area contributed by atoms with Crippen molar-refractivity contribution in [3.63, 3.8) is 0 Å². The minimum atomic E-state index is -0.205. The number of H-pyrrole nitrogens is 1. The summed E-state index contributed by atoms with van der Waals surface area (Å²) in [4.78, 5) is 12.2. The van der Waals surface area contributed by atoms with Crippen LogP contribution in [0.1, 0.15) is 10.4 Å². The van der Waals surface area contributed by atoms with Gasteiger partial charge in [-0.1, -0.05) is 6.07 Å². The van der Waals surface area contributed by atoms with Crippen molar-refractivity contribution >= 4 is 22.6 Å². The van der Waals surface area contributed by atoms with E-state index in [0.29, 0.717) is 22.5 Å². The molecule has 2 aromatic carbocycles. The fourth-order valence-electron chi connectivity index (χ4n) is 1.89. The first-order chi connectivity index (χ1) is 9.76. The van der Waals surface area contributed by atoms with Crippen LogP contribution in [0.5, 0.6) is 5.75 Å². The normalized spacial score (nSPS) is 10.4. The number of nitrogens with one attached hydrogen (secondary N) is 2. The van der Waals surface area contributed by atoms with Gasteiger partial charge in [0.15, 0.2) is 0 Å². The van der Waals surface area contributed by atoms with Gasteiger partial charge in [-0.3, -0.25) is 4.79 Å². The zero-order valence-corrected chi connectivity index (χ0v) is 10.8. The lowest BCUT2D eigenvalue weighted by Gasteiger charge is -2.06. The Labute approximate surface area is 114 Å². The van der Waals surface area contributed by atoms with Crippen LogP contribution < -0.4 is 10.1 Å². The van der Waals surface area contributed by atoms with Gasteiger partial charge in [0.05, 0.1) is 7.11 Å². The van der Waals surface area contributed by atoms with Crippen LogP contribution in [-0.2, 0) is 0 Å². The molecule has 2 N–H and O–H groups in total. The maximum Gasteiger partial charge on any atom is 0.255 e. The molecule has 0 bridgehead atoms. The minimum absolute atomic E-state index is 0.205. The van der Waals surface area contributed by atoms with Gasteiger partial charge in [-0.05, 0) is 30.3 Å². The third kappa shape index (κ3) is 2.31. The highest BCUT2D eigenvalue weighted by atomic mass is 16.5. The lowest BCUT2D eigenvalue weighted by Crippen LogP contribution is -2.11. The second-order valence-electron chi connectivity index (χ2n) is 4.21. The number of anilines is 1. The second-order valence-corrected chi connectivity index (χ2v) is 4.21. The molecule has 0 unspecified atom stereocenters. The molecular formula is C14H12N4O2. The summed E-state index contributed by atoms with van der Waals surface area (Å²) >= 11 is 0. The highest BCUT2D eigenvalue weighted by Crippen LogP contribution is 2.18. The third-order valence-corrected chi connectivity index (χ3v) is 2.91. The van der Waals surface area contributed by atoms with E-state index in [1.165, 1.54) is 0 Å². The number of ether oxygens (including phenoxy) is 1. The summed E-state index contributed by atoms with van der Waals surface area (Å²) in [7, 11) is 1.58. The van der Waals surface area contributed by atoms with Gasteiger partial charge in [0.2, 0.25) is 0 Å². The maximum atomic E-state index is 12.2. The summed E-state index contributed by atoms with van der Waals surface area (Å²) in [6.45, 7) is 0. The Hall–Kier alpha value is -2.89. The zero-order valence-electron chi connectivity index (χ0n) is 10.8. The van der Waals surface area contributed by atoms with Crippen LogP contribution >= 0.6 is 0 Å². The summed E-state index contributed by atoms with van der Waals surface area (Å²) < 4.78 is 5.12. The van der Waals surface area contributed by atoms with E-state index in [4.69, 9.17) is 4.74 Å². The smallest absolute Gasteiger partial charge is 0.255 e. The maximum absolute atomic E-state index is 12.2. The molecule has 20 heavy (non-hydrogen) atoms. The number of nitrogens with zero attached hydrogens (tertiary/aromatic N) is 2. The fourth-order valence-corrected chi connectivity index (χ4v) is 1.89. The Morgan fingerprint density at radius 2 is 2.00 bits per heavy atom. The standard InChI is InChI=1S/C14H12N4O2/c1-20-11-4-2-3-10(8-11)15-14(19)9-5-6-12-13(7-9)17-18-16-12/h2-8H,1H3,(H,15,19)(H,16,17,18). The van der Waals surface area contributed by atoms with Crippen LogP contribution in [0.3, 0.4) is 0 Å². The molecule has 0 aliphatic rings. The number of hydrogen-bond acceptors (Lipinski definition) is 4. The summed E-state index contributed by atoms with van der Waals surface area (Å²) in [5.74, 6) is 0.484. The zero-order chi connectivity index (χ0) is 13.9. The van der Waals surface area contributed by atoms with Gasteiger partial charge in [-0.2, -0.15) is 15.4 Å². The average Bonchev–Trinajstić information content (AvgIpc) is 2.94. The molecule has 0 atom stereocenters. The van der Waals surface area contributed by atoms with Crippen LogP contribution in [-0.4, -0.2) is 28.4 Å². The summed E-state index contributed by atoms with van der Waals surface area (Å²) in [5, 5.41) is 13.2. The molecule has 0 aliphatic carbocycles. The van der Waals surface area contributed by atoms with Crippen LogP contribution in [0, 0.1) is 0 Å².